The molecule has 2 aliphatic carbocycles. The molecule has 63 heavy (non-hydrogen) atoms. The van der Waals surface area contributed by atoms with Crippen molar-refractivity contribution in [1.29, 1.82) is 0 Å². The van der Waals surface area contributed by atoms with E-state index in [-0.39, 0.29) is 17.2 Å². The van der Waals surface area contributed by atoms with Gasteiger partial charge in [0.2, 0.25) is 0 Å². The van der Waals surface area contributed by atoms with E-state index in [1.165, 1.54) is 22.3 Å². The normalized spacial score (nSPS) is 13.6. The van der Waals surface area contributed by atoms with Gasteiger partial charge in [0.1, 0.15) is 28.7 Å². The highest BCUT2D eigenvalue weighted by Gasteiger charge is 2.48. The molecule has 0 spiro atoms. The van der Waals surface area contributed by atoms with Crippen molar-refractivity contribution in [2.75, 3.05) is 0 Å². The van der Waals surface area contributed by atoms with Crippen LogP contribution < -0.4 is 4.74 Å². The standard InChI is InChI=1S/C59H46O4/c1-4-13-38-34-42(24-31-55(38)61)59(43-25-32-56(62)39(35-43)14-5-2)53-21-12-9-18-49(53)50-37-46(29-30-54(50)59)63-57-33-26-44(36-40(57)15-6-3)58(41-22-27-45(60)28-23-41)51-19-10-7-16-47(51)48-17-8-11-20-52(48)58/h4-12,16-37,60-62H,1-3,13-15H2. The Labute approximate surface area is 368 Å². The second kappa shape index (κ2) is 15.6. The van der Waals surface area contributed by atoms with E-state index in [9.17, 15) is 15.3 Å². The molecule has 0 unspecified atom stereocenters. The molecule has 2 aliphatic rings. The van der Waals surface area contributed by atoms with Crippen molar-refractivity contribution in [3.8, 4) is 51.0 Å². The molecule has 4 heteroatoms. The van der Waals surface area contributed by atoms with Gasteiger partial charge < -0.3 is 20.1 Å². The van der Waals surface area contributed by atoms with Crippen molar-refractivity contribution in [1.82, 2.24) is 0 Å². The van der Waals surface area contributed by atoms with Crippen molar-refractivity contribution in [3.05, 3.63) is 269 Å². The third kappa shape index (κ3) is 6.05. The van der Waals surface area contributed by atoms with Crippen LogP contribution in [0.15, 0.2) is 208 Å². The third-order valence-corrected chi connectivity index (χ3v) is 13.1. The number of aromatic hydroxyl groups is 3. The summed E-state index contributed by atoms with van der Waals surface area (Å²) in [6, 6.07) is 57.9. The molecule has 0 amide bonds. The summed E-state index contributed by atoms with van der Waals surface area (Å²) >= 11 is 0. The molecule has 0 fully saturated rings. The Morgan fingerprint density at radius 1 is 0.397 bits per heavy atom. The molecule has 306 valence electrons. The lowest BCUT2D eigenvalue weighted by atomic mass is 9.67. The van der Waals surface area contributed by atoms with E-state index in [0.29, 0.717) is 25.0 Å². The fourth-order valence-corrected chi connectivity index (χ4v) is 10.5. The Hall–Kier alpha value is -7.82. The van der Waals surface area contributed by atoms with Gasteiger partial charge in [-0.15, -0.1) is 19.7 Å². The van der Waals surface area contributed by atoms with Crippen LogP contribution in [0.25, 0.3) is 22.3 Å². The molecular weight excluding hydrogens is 773 g/mol. The summed E-state index contributed by atoms with van der Waals surface area (Å²) in [5.74, 6) is 2.09. The Kier molecular flexibility index (Phi) is 9.72. The van der Waals surface area contributed by atoms with Gasteiger partial charge in [0.05, 0.1) is 10.8 Å². The van der Waals surface area contributed by atoms with Crippen LogP contribution in [0.4, 0.5) is 0 Å². The summed E-state index contributed by atoms with van der Waals surface area (Å²) in [7, 11) is 0. The topological polar surface area (TPSA) is 69.9 Å². The van der Waals surface area contributed by atoms with Crippen LogP contribution in [0.5, 0.6) is 28.7 Å². The molecule has 0 heterocycles. The SMILES string of the molecule is C=CCc1cc(C2(c3ccc(O)c(CC=C)c3)c3ccccc3-c3cc(Oc4ccc(C5(c6ccc(O)cc6)c6ccccc6-c6ccccc65)cc4CC=C)ccc32)ccc1O. The summed E-state index contributed by atoms with van der Waals surface area (Å²) in [6.45, 7) is 12.1. The number of ether oxygens (including phenoxy) is 1. The average molecular weight is 819 g/mol. The second-order valence-electron chi connectivity index (χ2n) is 16.5. The molecule has 8 aromatic carbocycles. The lowest BCUT2D eigenvalue weighted by Crippen LogP contribution is -2.29. The maximum Gasteiger partial charge on any atom is 0.130 e. The molecule has 0 radical (unpaired) electrons. The zero-order chi connectivity index (χ0) is 43.3. The van der Waals surface area contributed by atoms with Gasteiger partial charge in [-0.1, -0.05) is 146 Å². The van der Waals surface area contributed by atoms with Crippen molar-refractivity contribution in [2.45, 2.75) is 30.1 Å². The van der Waals surface area contributed by atoms with Crippen molar-refractivity contribution in [2.24, 2.45) is 0 Å². The molecule has 0 aliphatic heterocycles. The predicted molar refractivity (Wildman–Crippen MR) is 254 cm³/mol. The first kappa shape index (κ1) is 39.3. The Balaban J connectivity index is 1.14. The van der Waals surface area contributed by atoms with Gasteiger partial charge in [0, 0.05) is 0 Å². The van der Waals surface area contributed by atoms with Crippen LogP contribution in [-0.2, 0) is 30.1 Å². The lowest BCUT2D eigenvalue weighted by Gasteiger charge is -2.35. The van der Waals surface area contributed by atoms with Gasteiger partial charge in [0.25, 0.3) is 0 Å². The molecule has 3 N–H and O–H groups in total. The molecule has 4 nitrogen and oxygen atoms in total. The largest absolute Gasteiger partial charge is 0.508 e. The van der Waals surface area contributed by atoms with E-state index in [2.05, 4.69) is 135 Å². The van der Waals surface area contributed by atoms with Gasteiger partial charge in [-0.2, -0.15) is 0 Å². The lowest BCUT2D eigenvalue weighted by molar-refractivity contribution is 0.469. The van der Waals surface area contributed by atoms with E-state index in [0.717, 1.165) is 66.9 Å². The molecule has 8 aromatic rings. The number of rotatable bonds is 12. The first-order valence-corrected chi connectivity index (χ1v) is 21.3. The Morgan fingerprint density at radius 3 is 1.33 bits per heavy atom. The predicted octanol–water partition coefficient (Wildman–Crippen LogP) is 13.5. The van der Waals surface area contributed by atoms with Crippen LogP contribution >= 0.6 is 0 Å². The summed E-state index contributed by atoms with van der Waals surface area (Å²) in [4.78, 5) is 0. The summed E-state index contributed by atoms with van der Waals surface area (Å²) in [5.41, 5.74) is 14.3. The number of hydrogen-bond acceptors (Lipinski definition) is 4. The first-order valence-electron chi connectivity index (χ1n) is 21.3. The van der Waals surface area contributed by atoms with Gasteiger partial charge >= 0.3 is 0 Å². The monoisotopic (exact) mass is 818 g/mol. The minimum atomic E-state index is -0.788. The quantitative estimate of drug-likeness (QED) is 0.107. The third-order valence-electron chi connectivity index (χ3n) is 13.1. The van der Waals surface area contributed by atoms with Gasteiger partial charge in [-0.05, 0) is 145 Å². The zero-order valence-electron chi connectivity index (χ0n) is 34.9. The number of phenolic OH excluding ortho intramolecular Hbond substituents is 3. The van der Waals surface area contributed by atoms with E-state index >= 15 is 0 Å². The second-order valence-corrected chi connectivity index (χ2v) is 16.5. The van der Waals surface area contributed by atoms with E-state index in [4.69, 9.17) is 4.74 Å². The van der Waals surface area contributed by atoms with Crippen molar-refractivity contribution >= 4 is 0 Å². The number of benzene rings is 8. The Morgan fingerprint density at radius 2 is 0.810 bits per heavy atom. The highest BCUT2D eigenvalue weighted by Crippen LogP contribution is 2.59. The van der Waals surface area contributed by atoms with Crippen LogP contribution in [-0.4, -0.2) is 15.3 Å². The van der Waals surface area contributed by atoms with Crippen LogP contribution in [0.3, 0.4) is 0 Å². The number of hydrogen-bond donors (Lipinski definition) is 3. The maximum absolute atomic E-state index is 11.0. The van der Waals surface area contributed by atoms with E-state index in [1.54, 1.807) is 36.4 Å². The van der Waals surface area contributed by atoms with Crippen molar-refractivity contribution in [3.63, 3.8) is 0 Å². The Bertz CT molecular complexity index is 3010. The van der Waals surface area contributed by atoms with Gasteiger partial charge in [0.15, 0.2) is 0 Å². The minimum Gasteiger partial charge on any atom is -0.508 e. The number of allylic oxidation sites excluding steroid dienone is 3. The highest BCUT2D eigenvalue weighted by atomic mass is 16.5. The fraction of sp³-hybridized carbons (Fsp3) is 0.0847. The van der Waals surface area contributed by atoms with Gasteiger partial charge in [-0.3, -0.25) is 0 Å². The number of fused-ring (bicyclic) bond motifs is 6. The number of phenols is 3. The van der Waals surface area contributed by atoms with Crippen LogP contribution in [0.2, 0.25) is 0 Å². The molecule has 10 rings (SSSR count). The summed E-state index contributed by atoms with van der Waals surface area (Å²) < 4.78 is 6.96. The zero-order valence-corrected chi connectivity index (χ0v) is 34.9. The minimum absolute atomic E-state index is 0.221. The van der Waals surface area contributed by atoms with Crippen molar-refractivity contribution < 1.29 is 20.1 Å². The maximum atomic E-state index is 11.0. The molecule has 0 bridgehead atoms. The summed E-state index contributed by atoms with van der Waals surface area (Å²) in [6.07, 6.45) is 7.13. The van der Waals surface area contributed by atoms with Crippen LogP contribution in [0, 0.1) is 0 Å². The average Bonchev–Trinajstić information content (AvgIpc) is 3.77. The molecule has 0 atom stereocenters. The highest BCUT2D eigenvalue weighted by molar-refractivity contribution is 5.88. The molecule has 0 saturated heterocycles. The molecule has 0 aromatic heterocycles. The summed E-state index contributed by atoms with van der Waals surface area (Å²) in [5, 5.41) is 32.4. The fourth-order valence-electron chi connectivity index (χ4n) is 10.5. The van der Waals surface area contributed by atoms with E-state index < -0.39 is 10.8 Å². The van der Waals surface area contributed by atoms with Gasteiger partial charge in [-0.25, -0.2) is 0 Å². The molecular formula is C59H46O4. The molecule has 0 saturated carbocycles. The smallest absolute Gasteiger partial charge is 0.130 e. The van der Waals surface area contributed by atoms with Crippen LogP contribution in [0.1, 0.15) is 61.2 Å². The van der Waals surface area contributed by atoms with E-state index in [1.807, 2.05) is 36.4 Å². The first-order chi connectivity index (χ1) is 30.8.